The molecule has 2 aromatic carbocycles. The van der Waals surface area contributed by atoms with Crippen molar-refractivity contribution in [1.82, 2.24) is 9.78 Å². The standard InChI is InChI=1S/C24H27ClN4O2/c1-16-5-9-18(10-6-16)26-22(30)13-14-23(31)27-21-15-20(24(2,3)4)28-29(21)19-11-7-17(25)8-12-19/h5-12,15H,13-14H2,1-4H3,(H,26,30)(H,27,31). The first kappa shape index (κ1) is 22.6. The normalized spacial score (nSPS) is 11.3. The number of nitrogens with zero attached hydrogens (tertiary/aromatic N) is 2. The maximum absolute atomic E-state index is 12.6. The van der Waals surface area contributed by atoms with E-state index in [0.29, 0.717) is 16.5 Å². The maximum Gasteiger partial charge on any atom is 0.226 e. The fourth-order valence-electron chi connectivity index (χ4n) is 2.91. The van der Waals surface area contributed by atoms with Crippen LogP contribution in [-0.2, 0) is 15.0 Å². The van der Waals surface area contributed by atoms with Crippen molar-refractivity contribution in [2.75, 3.05) is 10.6 Å². The van der Waals surface area contributed by atoms with Gasteiger partial charge in [0.1, 0.15) is 5.82 Å². The van der Waals surface area contributed by atoms with Crippen LogP contribution in [0.4, 0.5) is 11.5 Å². The highest BCUT2D eigenvalue weighted by atomic mass is 35.5. The number of amides is 2. The molecule has 0 saturated heterocycles. The van der Waals surface area contributed by atoms with Gasteiger partial charge in [0.05, 0.1) is 11.4 Å². The highest BCUT2D eigenvalue weighted by Gasteiger charge is 2.21. The molecular formula is C24H27ClN4O2. The van der Waals surface area contributed by atoms with Gasteiger partial charge in [0.15, 0.2) is 0 Å². The molecule has 0 atom stereocenters. The molecular weight excluding hydrogens is 412 g/mol. The van der Waals surface area contributed by atoms with Gasteiger partial charge in [-0.15, -0.1) is 0 Å². The summed E-state index contributed by atoms with van der Waals surface area (Å²) in [6.45, 7) is 8.16. The lowest BCUT2D eigenvalue weighted by Crippen LogP contribution is -2.18. The van der Waals surface area contributed by atoms with Crippen molar-refractivity contribution < 1.29 is 9.59 Å². The summed E-state index contributed by atoms with van der Waals surface area (Å²) in [7, 11) is 0. The lowest BCUT2D eigenvalue weighted by atomic mass is 9.92. The van der Waals surface area contributed by atoms with Crippen LogP contribution in [0, 0.1) is 6.92 Å². The molecule has 0 bridgehead atoms. The number of rotatable bonds is 6. The lowest BCUT2D eigenvalue weighted by Gasteiger charge is -2.14. The SMILES string of the molecule is Cc1ccc(NC(=O)CCC(=O)Nc2cc(C(C)(C)C)nn2-c2ccc(Cl)cc2)cc1. The summed E-state index contributed by atoms with van der Waals surface area (Å²) in [4.78, 5) is 24.7. The Hall–Kier alpha value is -3.12. The predicted octanol–water partition coefficient (Wildman–Crippen LogP) is 5.49. The summed E-state index contributed by atoms with van der Waals surface area (Å²) < 4.78 is 1.68. The van der Waals surface area contributed by atoms with Gasteiger partial charge in [-0.25, -0.2) is 4.68 Å². The molecule has 0 aliphatic heterocycles. The zero-order valence-corrected chi connectivity index (χ0v) is 19.0. The molecule has 7 heteroatoms. The molecule has 0 radical (unpaired) electrons. The Kier molecular flexibility index (Phi) is 6.81. The van der Waals surface area contributed by atoms with Crippen LogP contribution in [0.3, 0.4) is 0 Å². The fourth-order valence-corrected chi connectivity index (χ4v) is 3.03. The molecule has 3 rings (SSSR count). The predicted molar refractivity (Wildman–Crippen MR) is 125 cm³/mol. The van der Waals surface area contributed by atoms with Gasteiger partial charge in [-0.2, -0.15) is 5.10 Å². The van der Waals surface area contributed by atoms with E-state index in [2.05, 4.69) is 36.5 Å². The molecule has 1 aromatic heterocycles. The average Bonchev–Trinajstić information content (AvgIpc) is 3.13. The third-order valence-electron chi connectivity index (χ3n) is 4.73. The Labute approximate surface area is 187 Å². The zero-order chi connectivity index (χ0) is 22.6. The second kappa shape index (κ2) is 9.35. The molecule has 0 aliphatic carbocycles. The summed E-state index contributed by atoms with van der Waals surface area (Å²) in [6.07, 6.45) is 0.148. The van der Waals surface area contributed by atoms with E-state index in [4.69, 9.17) is 11.6 Å². The lowest BCUT2D eigenvalue weighted by molar-refractivity contribution is -0.121. The highest BCUT2D eigenvalue weighted by Crippen LogP contribution is 2.27. The van der Waals surface area contributed by atoms with Crippen LogP contribution < -0.4 is 10.6 Å². The van der Waals surface area contributed by atoms with Gasteiger partial charge in [0, 0.05) is 35.0 Å². The molecule has 2 amide bonds. The molecule has 3 aromatic rings. The van der Waals surface area contributed by atoms with Crippen molar-refractivity contribution in [3.63, 3.8) is 0 Å². The van der Waals surface area contributed by atoms with Crippen LogP contribution in [0.5, 0.6) is 0 Å². The van der Waals surface area contributed by atoms with Crippen LogP contribution in [0.25, 0.3) is 5.69 Å². The Morgan fingerprint density at radius 1 is 0.935 bits per heavy atom. The van der Waals surface area contributed by atoms with Gasteiger partial charge < -0.3 is 10.6 Å². The summed E-state index contributed by atoms with van der Waals surface area (Å²) >= 11 is 6.00. The number of aryl methyl sites for hydroxylation is 1. The molecule has 6 nitrogen and oxygen atoms in total. The van der Waals surface area contributed by atoms with Gasteiger partial charge >= 0.3 is 0 Å². The van der Waals surface area contributed by atoms with Gasteiger partial charge in [-0.05, 0) is 43.3 Å². The molecule has 1 heterocycles. The number of benzene rings is 2. The summed E-state index contributed by atoms with van der Waals surface area (Å²) in [6, 6.07) is 16.6. The minimum Gasteiger partial charge on any atom is -0.326 e. The van der Waals surface area contributed by atoms with Crippen molar-refractivity contribution in [3.05, 3.63) is 70.9 Å². The fraction of sp³-hybridized carbons (Fsp3) is 0.292. The van der Waals surface area contributed by atoms with E-state index in [1.54, 1.807) is 16.8 Å². The van der Waals surface area contributed by atoms with E-state index < -0.39 is 0 Å². The first-order chi connectivity index (χ1) is 14.6. The number of carbonyl (C=O) groups is 2. The second-order valence-electron chi connectivity index (χ2n) is 8.52. The van der Waals surface area contributed by atoms with Crippen molar-refractivity contribution in [2.24, 2.45) is 0 Å². The van der Waals surface area contributed by atoms with Crippen LogP contribution in [0.15, 0.2) is 54.6 Å². The first-order valence-corrected chi connectivity index (χ1v) is 10.5. The maximum atomic E-state index is 12.6. The number of halogens is 1. The molecule has 0 aliphatic rings. The monoisotopic (exact) mass is 438 g/mol. The topological polar surface area (TPSA) is 76.0 Å². The van der Waals surface area contributed by atoms with Gasteiger partial charge in [0.25, 0.3) is 0 Å². The minimum absolute atomic E-state index is 0.0638. The molecule has 0 spiro atoms. The quantitative estimate of drug-likeness (QED) is 0.534. The average molecular weight is 439 g/mol. The van der Waals surface area contributed by atoms with Gasteiger partial charge in [-0.1, -0.05) is 50.1 Å². The number of carbonyl (C=O) groups excluding carboxylic acids is 2. The van der Waals surface area contributed by atoms with Crippen LogP contribution in [0.1, 0.15) is 44.9 Å². The molecule has 0 saturated carbocycles. The number of anilines is 2. The van der Waals surface area contributed by atoms with Crippen LogP contribution in [0.2, 0.25) is 5.02 Å². The Morgan fingerprint density at radius 3 is 2.10 bits per heavy atom. The van der Waals surface area contributed by atoms with Crippen LogP contribution in [-0.4, -0.2) is 21.6 Å². The van der Waals surface area contributed by atoms with Gasteiger partial charge in [-0.3, -0.25) is 9.59 Å². The summed E-state index contributed by atoms with van der Waals surface area (Å²) in [5.41, 5.74) is 3.27. The third-order valence-corrected chi connectivity index (χ3v) is 4.98. The van der Waals surface area contributed by atoms with Crippen molar-refractivity contribution in [2.45, 2.75) is 46.0 Å². The molecule has 162 valence electrons. The first-order valence-electron chi connectivity index (χ1n) is 10.1. The Morgan fingerprint density at radius 2 is 1.52 bits per heavy atom. The van der Waals surface area contributed by atoms with E-state index in [0.717, 1.165) is 16.9 Å². The molecule has 0 unspecified atom stereocenters. The molecule has 0 fully saturated rings. The second-order valence-corrected chi connectivity index (χ2v) is 8.95. The summed E-state index contributed by atoms with van der Waals surface area (Å²) in [5, 5.41) is 11.0. The summed E-state index contributed by atoms with van der Waals surface area (Å²) in [5.74, 6) is 0.0893. The van der Waals surface area contributed by atoms with Crippen LogP contribution >= 0.6 is 11.6 Å². The number of hydrogen-bond acceptors (Lipinski definition) is 3. The van der Waals surface area contributed by atoms with Crippen molar-refractivity contribution >= 4 is 34.9 Å². The van der Waals surface area contributed by atoms with E-state index >= 15 is 0 Å². The molecule has 2 N–H and O–H groups in total. The van der Waals surface area contributed by atoms with Gasteiger partial charge in [0.2, 0.25) is 11.8 Å². The van der Waals surface area contributed by atoms with E-state index in [1.807, 2.05) is 49.4 Å². The Balaban J connectivity index is 1.68. The van der Waals surface area contributed by atoms with E-state index in [9.17, 15) is 9.59 Å². The van der Waals surface area contributed by atoms with E-state index in [-0.39, 0.29) is 30.1 Å². The largest absolute Gasteiger partial charge is 0.326 e. The zero-order valence-electron chi connectivity index (χ0n) is 18.2. The molecule has 31 heavy (non-hydrogen) atoms. The highest BCUT2D eigenvalue weighted by molar-refractivity contribution is 6.30. The minimum atomic E-state index is -0.255. The van der Waals surface area contributed by atoms with E-state index in [1.165, 1.54) is 0 Å². The number of hydrogen-bond donors (Lipinski definition) is 2. The Bertz CT molecular complexity index is 1060. The number of aromatic nitrogens is 2. The van der Waals surface area contributed by atoms with Crippen molar-refractivity contribution in [1.29, 1.82) is 0 Å². The van der Waals surface area contributed by atoms with Crippen molar-refractivity contribution in [3.8, 4) is 5.69 Å². The number of nitrogens with one attached hydrogen (secondary N) is 2. The smallest absolute Gasteiger partial charge is 0.226 e. The third kappa shape index (κ3) is 6.18.